The number of nitrogens with zero attached hydrogens (tertiary/aromatic N) is 3. The first-order chi connectivity index (χ1) is 15.4. The Bertz CT molecular complexity index is 1240. The molecule has 1 amide bonds. The van der Waals surface area contributed by atoms with Gasteiger partial charge in [-0.25, -0.2) is 18.4 Å². The van der Waals surface area contributed by atoms with Crippen LogP contribution in [0.2, 0.25) is 0 Å². The molecule has 5 rings (SSSR count). The van der Waals surface area contributed by atoms with Gasteiger partial charge in [0, 0.05) is 16.3 Å². The fourth-order valence-corrected chi connectivity index (χ4v) is 8.64. The third-order valence-electron chi connectivity index (χ3n) is 6.27. The molecule has 1 aliphatic carbocycles. The van der Waals surface area contributed by atoms with Crippen LogP contribution < -0.4 is 0 Å². The van der Waals surface area contributed by atoms with Crippen LogP contribution in [0.1, 0.15) is 36.0 Å². The maximum atomic E-state index is 13.3. The second kappa shape index (κ2) is 8.79. The van der Waals surface area contributed by atoms with Gasteiger partial charge in [0.05, 0.1) is 30.1 Å². The van der Waals surface area contributed by atoms with Gasteiger partial charge in [-0.1, -0.05) is 18.7 Å². The zero-order valence-electron chi connectivity index (χ0n) is 17.8. The number of fused-ring (bicyclic) bond motifs is 3. The normalized spacial score (nSPS) is 22.2. The van der Waals surface area contributed by atoms with Crippen LogP contribution in [0.25, 0.3) is 10.2 Å². The summed E-state index contributed by atoms with van der Waals surface area (Å²) < 4.78 is 29.5. The van der Waals surface area contributed by atoms with E-state index in [0.29, 0.717) is 18.1 Å². The molecule has 0 bridgehead atoms. The highest BCUT2D eigenvalue weighted by molar-refractivity contribution is 8.00. The lowest BCUT2D eigenvalue weighted by Crippen LogP contribution is -2.41. The number of carbonyl (C=O) groups excluding carboxylic acids is 1. The first-order valence-electron chi connectivity index (χ1n) is 10.8. The molecule has 1 aliphatic heterocycles. The van der Waals surface area contributed by atoms with E-state index in [-0.39, 0.29) is 35.8 Å². The molecule has 1 saturated heterocycles. The molecule has 0 spiro atoms. The average Bonchev–Trinajstić information content (AvgIpc) is 3.48. The molecule has 1 fully saturated rings. The SMILES string of the molecule is C[C@H]1CCc2c(sc3ncnc(SCC(=O)N(Cc4ccco4)[C@H]4CCS(=O)(=O)C4)c23)C1. The highest BCUT2D eigenvalue weighted by Gasteiger charge is 2.35. The molecule has 10 heteroatoms. The topological polar surface area (TPSA) is 93.4 Å². The fraction of sp³-hybridized carbons (Fsp3) is 0.500. The number of hydrogen-bond donors (Lipinski definition) is 0. The molecule has 32 heavy (non-hydrogen) atoms. The Kier molecular flexibility index (Phi) is 6.02. The van der Waals surface area contributed by atoms with Crippen molar-refractivity contribution >= 4 is 49.1 Å². The summed E-state index contributed by atoms with van der Waals surface area (Å²) in [6, 6.07) is 3.26. The standard InChI is InChI=1S/C22H25N3O4S3/c1-14-4-5-17-18(9-14)31-22-20(17)21(23-13-24-22)30-11-19(26)25(10-16-3-2-7-29-16)15-6-8-32(27,28)12-15/h2-3,7,13-15H,4-6,8-12H2,1H3/t14-,15-/m0/s1. The zero-order valence-corrected chi connectivity index (χ0v) is 20.3. The Morgan fingerprint density at radius 1 is 1.34 bits per heavy atom. The minimum absolute atomic E-state index is 0.0120. The monoisotopic (exact) mass is 491 g/mol. The average molecular weight is 492 g/mol. The van der Waals surface area contributed by atoms with Crippen molar-refractivity contribution in [3.8, 4) is 0 Å². The van der Waals surface area contributed by atoms with Crippen LogP contribution in [0.3, 0.4) is 0 Å². The van der Waals surface area contributed by atoms with E-state index in [4.69, 9.17) is 4.42 Å². The van der Waals surface area contributed by atoms with Gasteiger partial charge >= 0.3 is 0 Å². The predicted octanol–water partition coefficient (Wildman–Crippen LogP) is 3.72. The summed E-state index contributed by atoms with van der Waals surface area (Å²) >= 11 is 3.16. The fourth-order valence-electron chi connectivity index (χ4n) is 4.58. The minimum atomic E-state index is -3.11. The molecule has 3 aromatic rings. The van der Waals surface area contributed by atoms with Crippen LogP contribution in [0.15, 0.2) is 34.2 Å². The molecular formula is C22H25N3O4S3. The van der Waals surface area contributed by atoms with E-state index >= 15 is 0 Å². The maximum Gasteiger partial charge on any atom is 0.233 e. The van der Waals surface area contributed by atoms with Crippen LogP contribution >= 0.6 is 23.1 Å². The molecule has 0 radical (unpaired) electrons. The van der Waals surface area contributed by atoms with E-state index in [9.17, 15) is 13.2 Å². The van der Waals surface area contributed by atoms with Gasteiger partial charge < -0.3 is 9.32 Å². The molecule has 2 aliphatic rings. The molecule has 3 aromatic heterocycles. The van der Waals surface area contributed by atoms with Gasteiger partial charge in [0.15, 0.2) is 9.84 Å². The second-order valence-corrected chi connectivity index (χ2v) is 12.9. The number of amides is 1. The molecule has 4 heterocycles. The quantitative estimate of drug-likeness (QED) is 0.383. The summed E-state index contributed by atoms with van der Waals surface area (Å²) in [5.74, 6) is 1.57. The number of furan rings is 1. The summed E-state index contributed by atoms with van der Waals surface area (Å²) in [6.45, 7) is 2.56. The summed E-state index contributed by atoms with van der Waals surface area (Å²) in [6.07, 6.45) is 6.86. The molecule has 0 unspecified atom stereocenters. The van der Waals surface area contributed by atoms with Crippen LogP contribution in [0.4, 0.5) is 0 Å². The Morgan fingerprint density at radius 2 is 2.22 bits per heavy atom. The molecule has 0 saturated carbocycles. The molecular weight excluding hydrogens is 466 g/mol. The number of aromatic nitrogens is 2. The van der Waals surface area contributed by atoms with Crippen molar-refractivity contribution in [1.82, 2.24) is 14.9 Å². The van der Waals surface area contributed by atoms with Gasteiger partial charge in [-0.05, 0) is 49.3 Å². The van der Waals surface area contributed by atoms with E-state index in [1.807, 2.05) is 6.07 Å². The van der Waals surface area contributed by atoms with Gasteiger partial charge in [0.25, 0.3) is 0 Å². The third kappa shape index (κ3) is 4.45. The van der Waals surface area contributed by atoms with Crippen molar-refractivity contribution in [3.05, 3.63) is 40.9 Å². The highest BCUT2D eigenvalue weighted by Crippen LogP contribution is 2.40. The second-order valence-electron chi connectivity index (χ2n) is 8.66. The molecule has 0 aromatic carbocycles. The van der Waals surface area contributed by atoms with Crippen molar-refractivity contribution in [2.24, 2.45) is 5.92 Å². The summed E-state index contributed by atoms with van der Waals surface area (Å²) in [5.41, 5.74) is 1.34. The number of rotatable bonds is 6. The minimum Gasteiger partial charge on any atom is -0.467 e. The van der Waals surface area contributed by atoms with Gasteiger partial charge in [-0.15, -0.1) is 11.3 Å². The maximum absolute atomic E-state index is 13.3. The number of thioether (sulfide) groups is 1. The van der Waals surface area contributed by atoms with Gasteiger partial charge in [0.1, 0.15) is 21.9 Å². The molecule has 170 valence electrons. The number of sulfone groups is 1. The molecule has 0 N–H and O–H groups in total. The lowest BCUT2D eigenvalue weighted by molar-refractivity contribution is -0.131. The van der Waals surface area contributed by atoms with E-state index < -0.39 is 9.84 Å². The lowest BCUT2D eigenvalue weighted by Gasteiger charge is -2.27. The number of hydrogen-bond acceptors (Lipinski definition) is 8. The first kappa shape index (κ1) is 21.9. The van der Waals surface area contributed by atoms with E-state index in [2.05, 4.69) is 16.9 Å². The van der Waals surface area contributed by atoms with Crippen LogP contribution in [0.5, 0.6) is 0 Å². The van der Waals surface area contributed by atoms with Crippen LogP contribution in [-0.4, -0.2) is 52.5 Å². The van der Waals surface area contributed by atoms with Crippen LogP contribution in [0, 0.1) is 5.92 Å². The first-order valence-corrected chi connectivity index (χ1v) is 14.4. The number of aryl methyl sites for hydroxylation is 1. The Labute approximate surface area is 195 Å². The van der Waals surface area contributed by atoms with Crippen molar-refractivity contribution in [3.63, 3.8) is 0 Å². The summed E-state index contributed by atoms with van der Waals surface area (Å²) in [5, 5.41) is 1.94. The molecule has 2 atom stereocenters. The lowest BCUT2D eigenvalue weighted by atomic mass is 9.89. The van der Waals surface area contributed by atoms with Crippen molar-refractivity contribution in [2.45, 2.75) is 50.2 Å². The summed E-state index contributed by atoms with van der Waals surface area (Å²) in [7, 11) is -3.11. The van der Waals surface area contributed by atoms with Crippen molar-refractivity contribution < 1.29 is 17.6 Å². The predicted molar refractivity (Wildman–Crippen MR) is 126 cm³/mol. The van der Waals surface area contributed by atoms with Crippen molar-refractivity contribution in [1.29, 1.82) is 0 Å². The van der Waals surface area contributed by atoms with Crippen LogP contribution in [-0.2, 0) is 34.0 Å². The zero-order chi connectivity index (χ0) is 22.3. The van der Waals surface area contributed by atoms with Gasteiger partial charge in [-0.2, -0.15) is 0 Å². The molecule has 7 nitrogen and oxygen atoms in total. The smallest absolute Gasteiger partial charge is 0.233 e. The largest absolute Gasteiger partial charge is 0.467 e. The Morgan fingerprint density at radius 3 is 2.97 bits per heavy atom. The Hall–Kier alpha value is -1.91. The van der Waals surface area contributed by atoms with E-state index in [1.165, 1.54) is 22.2 Å². The summed E-state index contributed by atoms with van der Waals surface area (Å²) in [4.78, 5) is 26.3. The van der Waals surface area contributed by atoms with E-state index in [0.717, 1.165) is 34.5 Å². The van der Waals surface area contributed by atoms with Gasteiger partial charge in [0.2, 0.25) is 5.91 Å². The van der Waals surface area contributed by atoms with E-state index in [1.54, 1.807) is 34.9 Å². The Balaban J connectivity index is 1.37. The van der Waals surface area contributed by atoms with Gasteiger partial charge in [-0.3, -0.25) is 4.79 Å². The highest BCUT2D eigenvalue weighted by atomic mass is 32.2. The third-order valence-corrected chi connectivity index (χ3v) is 10.2. The number of thiophene rings is 1. The van der Waals surface area contributed by atoms with Crippen molar-refractivity contribution in [2.75, 3.05) is 17.3 Å². The number of carbonyl (C=O) groups is 1.